The number of carboxylic acid groups (broad SMARTS) is 2. The zero-order valence-corrected chi connectivity index (χ0v) is 32.3. The highest BCUT2D eigenvalue weighted by molar-refractivity contribution is 8.00. The summed E-state index contributed by atoms with van der Waals surface area (Å²) in [5.74, 6) is -8.47. The second-order valence-electron chi connectivity index (χ2n) is 12.6. The van der Waals surface area contributed by atoms with Crippen LogP contribution in [0.25, 0.3) is 10.9 Å². The molecule has 21 heteroatoms. The van der Waals surface area contributed by atoms with Gasteiger partial charge in [-0.05, 0) is 30.7 Å². The van der Waals surface area contributed by atoms with Crippen LogP contribution in [0.2, 0.25) is 0 Å². The first kappa shape index (κ1) is 42.4. The third-order valence-electron chi connectivity index (χ3n) is 8.74. The Morgan fingerprint density at radius 1 is 0.948 bits per heavy atom. The lowest BCUT2D eigenvalue weighted by atomic mass is 9.96. The highest BCUT2D eigenvalue weighted by Crippen LogP contribution is 2.47. The fourth-order valence-electron chi connectivity index (χ4n) is 6.20. The molecule has 0 bridgehead atoms. The topological polar surface area (TPSA) is 272 Å². The molecule has 0 radical (unpaired) electrons. The van der Waals surface area contributed by atoms with Crippen molar-refractivity contribution in [1.82, 2.24) is 20.1 Å². The number of nitrogens with one attached hydrogen (secondary N) is 2. The molecule has 3 aromatic rings. The number of pyridine rings is 1. The minimum atomic E-state index is -2.16. The molecule has 20 nitrogen and oxygen atoms in total. The Labute approximate surface area is 332 Å². The second kappa shape index (κ2) is 17.2. The van der Waals surface area contributed by atoms with E-state index >= 15 is 0 Å². The predicted molar refractivity (Wildman–Crippen MR) is 199 cm³/mol. The number of aliphatic carboxylic acids is 2. The number of ether oxygens (including phenoxy) is 5. The molecule has 2 aliphatic rings. The molecule has 0 aliphatic carbocycles. The Kier molecular flexibility index (Phi) is 12.6. The van der Waals surface area contributed by atoms with Gasteiger partial charge >= 0.3 is 29.8 Å². The van der Waals surface area contributed by atoms with Crippen molar-refractivity contribution in [2.45, 2.75) is 51.4 Å². The first-order valence-electron chi connectivity index (χ1n) is 17.2. The zero-order chi connectivity index (χ0) is 42.6. The van der Waals surface area contributed by atoms with Crippen molar-refractivity contribution >= 4 is 70.2 Å². The lowest BCUT2D eigenvalue weighted by molar-refractivity contribution is -0.193. The Morgan fingerprint density at radius 2 is 1.59 bits per heavy atom. The number of aryl methyl sites for hydroxylation is 1. The van der Waals surface area contributed by atoms with E-state index in [1.807, 2.05) is 0 Å². The van der Waals surface area contributed by atoms with Gasteiger partial charge in [-0.15, -0.1) is 11.8 Å². The number of nitrogens with zero attached hydrogens (tertiary/aromatic N) is 2. The maximum atomic E-state index is 14.3. The molecule has 0 spiro atoms. The van der Waals surface area contributed by atoms with Crippen molar-refractivity contribution in [2.24, 2.45) is 0 Å². The van der Waals surface area contributed by atoms with Gasteiger partial charge in [-0.25, -0.2) is 9.59 Å². The van der Waals surface area contributed by atoms with Crippen molar-refractivity contribution < 1.29 is 72.3 Å². The number of amides is 3. The number of hydrogen-bond donors (Lipinski definition) is 4. The van der Waals surface area contributed by atoms with Crippen LogP contribution in [0, 0.1) is 0 Å². The second-order valence-corrected chi connectivity index (χ2v) is 13.7. The molecule has 3 heterocycles. The van der Waals surface area contributed by atoms with E-state index in [9.17, 15) is 48.3 Å². The van der Waals surface area contributed by atoms with E-state index in [1.54, 1.807) is 6.92 Å². The molecule has 58 heavy (non-hydrogen) atoms. The number of rotatable bonds is 15. The van der Waals surface area contributed by atoms with Crippen molar-refractivity contribution in [1.29, 1.82) is 0 Å². The van der Waals surface area contributed by atoms with Crippen LogP contribution < -0.4 is 30.3 Å². The van der Waals surface area contributed by atoms with Crippen molar-refractivity contribution in [3.8, 4) is 17.2 Å². The number of carboxylic acids is 2. The van der Waals surface area contributed by atoms with Gasteiger partial charge in [-0.2, -0.15) is 0 Å². The smallest absolute Gasteiger partial charge is 0.352 e. The Bertz CT molecular complexity index is 2340. The molecule has 2 aromatic carbocycles. The number of benzene rings is 2. The van der Waals surface area contributed by atoms with E-state index in [4.69, 9.17) is 28.8 Å². The van der Waals surface area contributed by atoms with Crippen molar-refractivity contribution in [2.75, 3.05) is 26.1 Å². The number of hydrogen-bond acceptors (Lipinski definition) is 15. The van der Waals surface area contributed by atoms with Crippen LogP contribution >= 0.6 is 11.8 Å². The molecule has 0 saturated carbocycles. The zero-order valence-electron chi connectivity index (χ0n) is 31.4. The SMILES string of the molecule is CCn1cc(C(=O)NC(C(=O)N[C@]2(OC)C(=O)N3C(C(=O)O)=C(COC(C)=O)CS[C@H]32)c2ccc(OCC(=O)O)cc2)c(=O)c2cc(OC(C)=O)c(OC(C)=O)cc21. The molecule has 1 fully saturated rings. The van der Waals surface area contributed by atoms with Gasteiger partial charge in [-0.3, -0.25) is 38.5 Å². The van der Waals surface area contributed by atoms with Gasteiger partial charge in [-0.1, -0.05) is 12.1 Å². The molecule has 2 aliphatic heterocycles. The number of β-lactam (4-membered cyclic amide) rings is 1. The van der Waals surface area contributed by atoms with Crippen LogP contribution in [0.4, 0.5) is 0 Å². The van der Waals surface area contributed by atoms with E-state index < -0.39 is 94.6 Å². The number of fused-ring (bicyclic) bond motifs is 2. The van der Waals surface area contributed by atoms with Gasteiger partial charge < -0.3 is 49.1 Å². The van der Waals surface area contributed by atoms with Gasteiger partial charge in [0.15, 0.2) is 18.1 Å². The fourth-order valence-corrected chi connectivity index (χ4v) is 7.62. The Balaban J connectivity index is 1.54. The minimum Gasteiger partial charge on any atom is -0.482 e. The number of carbonyl (C=O) groups is 8. The highest BCUT2D eigenvalue weighted by atomic mass is 32.2. The molecule has 3 atom stereocenters. The summed E-state index contributed by atoms with van der Waals surface area (Å²) in [6.45, 7) is 4.13. The van der Waals surface area contributed by atoms with Gasteiger partial charge in [0.2, 0.25) is 11.3 Å². The van der Waals surface area contributed by atoms with Crippen LogP contribution in [0.3, 0.4) is 0 Å². The third-order valence-corrected chi connectivity index (χ3v) is 10.1. The summed E-state index contributed by atoms with van der Waals surface area (Å²) >= 11 is 1.01. The first-order valence-corrected chi connectivity index (χ1v) is 18.2. The van der Waals surface area contributed by atoms with E-state index in [0.717, 1.165) is 50.6 Å². The fraction of sp³-hybridized carbons (Fsp3) is 0.324. The molecule has 5 rings (SSSR count). The van der Waals surface area contributed by atoms with Gasteiger partial charge in [0.1, 0.15) is 35.0 Å². The van der Waals surface area contributed by atoms with Gasteiger partial charge in [0.25, 0.3) is 17.5 Å². The molecule has 1 unspecified atom stereocenters. The lowest BCUT2D eigenvalue weighted by Gasteiger charge is -2.56. The number of esters is 3. The number of carbonyl (C=O) groups excluding carboxylic acids is 6. The Morgan fingerprint density at radius 3 is 2.14 bits per heavy atom. The normalized spacial score (nSPS) is 17.6. The van der Waals surface area contributed by atoms with Crippen molar-refractivity contribution in [3.63, 3.8) is 0 Å². The van der Waals surface area contributed by atoms with E-state index in [2.05, 4.69) is 10.6 Å². The molecule has 1 aromatic heterocycles. The van der Waals surface area contributed by atoms with E-state index in [-0.39, 0.29) is 51.6 Å². The third kappa shape index (κ3) is 8.49. The molecule has 306 valence electrons. The maximum absolute atomic E-state index is 14.3. The van der Waals surface area contributed by atoms with Crippen LogP contribution in [0.5, 0.6) is 17.2 Å². The van der Waals surface area contributed by atoms with E-state index in [0.29, 0.717) is 0 Å². The molecule has 3 amide bonds. The summed E-state index contributed by atoms with van der Waals surface area (Å²) in [6.07, 6.45) is 1.21. The minimum absolute atomic E-state index is 0.0322. The number of aromatic nitrogens is 1. The first-order chi connectivity index (χ1) is 27.4. The van der Waals surface area contributed by atoms with Crippen LogP contribution in [0.15, 0.2) is 58.7 Å². The van der Waals surface area contributed by atoms with E-state index in [1.165, 1.54) is 41.1 Å². The largest absolute Gasteiger partial charge is 0.482 e. The molecular formula is C37H36N4O16S. The summed E-state index contributed by atoms with van der Waals surface area (Å²) in [6, 6.07) is 6.02. The average molecular weight is 825 g/mol. The van der Waals surface area contributed by atoms with Gasteiger partial charge in [0.05, 0.1) is 10.9 Å². The number of methoxy groups -OCH3 is 1. The van der Waals surface area contributed by atoms with Crippen LogP contribution in [0.1, 0.15) is 49.7 Å². The Hall–Kier alpha value is -6.74. The lowest BCUT2D eigenvalue weighted by Crippen LogP contribution is -2.81. The highest BCUT2D eigenvalue weighted by Gasteiger charge is 2.67. The van der Waals surface area contributed by atoms with Gasteiger partial charge in [0, 0.05) is 58.0 Å². The van der Waals surface area contributed by atoms with Crippen LogP contribution in [-0.4, -0.2) is 104 Å². The summed E-state index contributed by atoms with van der Waals surface area (Å²) < 4.78 is 27.6. The molecular weight excluding hydrogens is 788 g/mol. The standard InChI is InChI=1S/C37H36N4O16S/c1-6-40-13-24(31(47)23-11-26(56-18(3)43)27(12-25(23)40)57-19(4)44)32(48)38-29(20-7-9-22(10-8-20)55-15-28(45)46)33(49)39-37(53-5)35(52)41-30(34(50)51)21(14-54-17(2)42)16-58-36(37)41/h7-13,29,36H,6,14-16H2,1-5H3,(H,38,48)(H,39,49)(H,45,46)(H,50,51)/t29?,36-,37-/m0/s1. The van der Waals surface area contributed by atoms with Crippen molar-refractivity contribution in [3.05, 3.63) is 75.2 Å². The quantitative estimate of drug-likeness (QED) is 0.0722. The summed E-state index contributed by atoms with van der Waals surface area (Å²) in [5, 5.41) is 22.8. The maximum Gasteiger partial charge on any atom is 0.352 e. The summed E-state index contributed by atoms with van der Waals surface area (Å²) in [7, 11) is 1.11. The molecule has 1 saturated heterocycles. The monoisotopic (exact) mass is 824 g/mol. The number of thioether (sulfide) groups is 1. The molecule has 4 N–H and O–H groups in total. The average Bonchev–Trinajstić information content (AvgIpc) is 3.17. The predicted octanol–water partition coefficient (Wildman–Crippen LogP) is 1.08. The summed E-state index contributed by atoms with van der Waals surface area (Å²) in [5.41, 5.74) is -3.57. The summed E-state index contributed by atoms with van der Waals surface area (Å²) in [4.78, 5) is 115. The van der Waals surface area contributed by atoms with Crippen LogP contribution in [-0.2, 0) is 49.6 Å².